The summed E-state index contributed by atoms with van der Waals surface area (Å²) in [6, 6.07) is 18.1. The largest absolute Gasteiger partial charge is 0.478 e. The second-order valence-electron chi connectivity index (χ2n) is 9.82. The van der Waals surface area contributed by atoms with E-state index in [1.807, 2.05) is 4.57 Å². The fraction of sp³-hybridized carbons (Fsp3) is 0.194. The molecule has 41 heavy (non-hydrogen) atoms. The van der Waals surface area contributed by atoms with Gasteiger partial charge in [0.2, 0.25) is 5.88 Å². The molecule has 3 aromatic carbocycles. The predicted octanol–water partition coefficient (Wildman–Crippen LogP) is 6.17. The molecule has 5 aromatic rings. The van der Waals surface area contributed by atoms with E-state index in [2.05, 4.69) is 4.98 Å². The first-order valence-corrected chi connectivity index (χ1v) is 13.0. The number of aromatic nitrogens is 3. The second-order valence-corrected chi connectivity index (χ2v) is 9.82. The van der Waals surface area contributed by atoms with E-state index in [9.17, 15) is 18.7 Å². The lowest BCUT2D eigenvalue weighted by atomic mass is 10.1. The number of hydrogen-bond donors (Lipinski definition) is 1. The highest BCUT2D eigenvalue weighted by molar-refractivity contribution is 5.92. The number of carboxylic acid groups (broad SMARTS) is 1. The van der Waals surface area contributed by atoms with Crippen molar-refractivity contribution < 1.29 is 32.5 Å². The van der Waals surface area contributed by atoms with Crippen LogP contribution in [-0.2, 0) is 24.3 Å². The maximum absolute atomic E-state index is 15.4. The molecule has 0 amide bonds. The lowest BCUT2D eigenvalue weighted by Crippen LogP contribution is -2.31. The van der Waals surface area contributed by atoms with E-state index in [1.54, 1.807) is 42.5 Å². The van der Waals surface area contributed by atoms with E-state index in [0.29, 0.717) is 53.3 Å². The van der Waals surface area contributed by atoms with Gasteiger partial charge in [-0.05, 0) is 66.1 Å². The van der Waals surface area contributed by atoms with Gasteiger partial charge in [0.25, 0.3) is 0 Å². The molecule has 0 saturated carbocycles. The number of ether oxygens (including phenoxy) is 2. The van der Waals surface area contributed by atoms with Gasteiger partial charge in [-0.25, -0.2) is 27.9 Å². The van der Waals surface area contributed by atoms with E-state index in [0.717, 1.165) is 18.6 Å². The van der Waals surface area contributed by atoms with Crippen molar-refractivity contribution in [2.24, 2.45) is 0 Å². The first kappa shape index (κ1) is 26.5. The number of imidazole rings is 1. The molecule has 1 aliphatic rings. The van der Waals surface area contributed by atoms with E-state index in [1.165, 1.54) is 18.2 Å². The molecule has 208 valence electrons. The number of fused-ring (bicyclic) bond motifs is 1. The lowest BCUT2D eigenvalue weighted by Gasteiger charge is -2.27. The summed E-state index contributed by atoms with van der Waals surface area (Å²) in [7, 11) is 0. The number of aromatic carboxylic acids is 1. The molecule has 3 heterocycles. The molecule has 0 radical (unpaired) electrons. The summed E-state index contributed by atoms with van der Waals surface area (Å²) in [5, 5.41) is 9.45. The zero-order valence-electron chi connectivity index (χ0n) is 21.7. The van der Waals surface area contributed by atoms with Gasteiger partial charge in [0, 0.05) is 24.7 Å². The monoisotopic (exact) mass is 559 g/mol. The summed E-state index contributed by atoms with van der Waals surface area (Å²) in [6.07, 6.45) is 1.24. The Hall–Kier alpha value is -4.70. The number of rotatable bonds is 9. The Bertz CT molecular complexity index is 1770. The maximum atomic E-state index is 15.4. The first-order valence-electron chi connectivity index (χ1n) is 13.0. The average Bonchev–Trinajstić information content (AvgIpc) is 3.27. The lowest BCUT2D eigenvalue weighted by molar-refractivity contribution is -0.0589. The highest BCUT2D eigenvalue weighted by atomic mass is 19.2. The van der Waals surface area contributed by atoms with E-state index in [-0.39, 0.29) is 29.7 Å². The van der Waals surface area contributed by atoms with Crippen LogP contribution in [0.3, 0.4) is 0 Å². The van der Waals surface area contributed by atoms with E-state index < -0.39 is 23.4 Å². The molecule has 7 nitrogen and oxygen atoms in total. The normalized spacial score (nSPS) is 14.7. The Kier molecular flexibility index (Phi) is 7.15. The summed E-state index contributed by atoms with van der Waals surface area (Å²) in [5.41, 5.74) is 3.26. The number of carboxylic acids is 1. The molecule has 0 bridgehead atoms. The SMILES string of the molecule is O=C(O)c1ccc2nc(Cc3ccc(-c4cccc(OCc5ccc(F)c(F)c5)n4)c(F)c3)n(CC3CCO3)c2c1. The van der Waals surface area contributed by atoms with Gasteiger partial charge in [-0.3, -0.25) is 0 Å². The number of halogens is 3. The van der Waals surface area contributed by atoms with Gasteiger partial charge in [0.15, 0.2) is 11.6 Å². The van der Waals surface area contributed by atoms with Crippen LogP contribution in [0.25, 0.3) is 22.3 Å². The topological polar surface area (TPSA) is 86.5 Å². The van der Waals surface area contributed by atoms with Gasteiger partial charge in [-0.1, -0.05) is 18.2 Å². The molecular weight excluding hydrogens is 535 g/mol. The summed E-state index contributed by atoms with van der Waals surface area (Å²) >= 11 is 0. The number of carbonyl (C=O) groups is 1. The first-order chi connectivity index (χ1) is 19.8. The summed E-state index contributed by atoms with van der Waals surface area (Å²) in [6.45, 7) is 1.18. The van der Waals surface area contributed by atoms with Gasteiger partial charge >= 0.3 is 5.97 Å². The molecule has 1 unspecified atom stereocenters. The van der Waals surface area contributed by atoms with Crippen molar-refractivity contribution in [1.82, 2.24) is 14.5 Å². The number of hydrogen-bond acceptors (Lipinski definition) is 5. The third-order valence-corrected chi connectivity index (χ3v) is 7.02. The predicted molar refractivity (Wildman–Crippen MR) is 144 cm³/mol. The summed E-state index contributed by atoms with van der Waals surface area (Å²) < 4.78 is 55.2. The number of nitrogens with zero attached hydrogens (tertiary/aromatic N) is 3. The Morgan fingerprint density at radius 2 is 1.76 bits per heavy atom. The molecular formula is C31H24F3N3O4. The van der Waals surface area contributed by atoms with Crippen LogP contribution in [0.15, 0.2) is 72.8 Å². The molecule has 1 atom stereocenters. The molecule has 1 saturated heterocycles. The third kappa shape index (κ3) is 5.64. The summed E-state index contributed by atoms with van der Waals surface area (Å²) in [4.78, 5) is 20.6. The fourth-order valence-electron chi connectivity index (χ4n) is 4.77. The van der Waals surface area contributed by atoms with Crippen LogP contribution in [0.2, 0.25) is 0 Å². The number of pyridine rings is 1. The van der Waals surface area contributed by atoms with Crippen LogP contribution < -0.4 is 4.74 Å². The minimum absolute atomic E-state index is 0.0152. The van der Waals surface area contributed by atoms with Crippen molar-refractivity contribution in [1.29, 1.82) is 0 Å². The van der Waals surface area contributed by atoms with Gasteiger partial charge < -0.3 is 19.1 Å². The molecule has 10 heteroatoms. The Labute approximate surface area is 232 Å². The molecule has 2 aromatic heterocycles. The second kappa shape index (κ2) is 11.1. The van der Waals surface area contributed by atoms with Crippen molar-refractivity contribution in [3.05, 3.63) is 113 Å². The van der Waals surface area contributed by atoms with Crippen molar-refractivity contribution >= 4 is 17.0 Å². The van der Waals surface area contributed by atoms with Crippen LogP contribution in [0.5, 0.6) is 5.88 Å². The van der Waals surface area contributed by atoms with Gasteiger partial charge in [0.1, 0.15) is 18.2 Å². The fourth-order valence-corrected chi connectivity index (χ4v) is 4.77. The molecule has 0 aliphatic carbocycles. The van der Waals surface area contributed by atoms with Crippen molar-refractivity contribution in [3.63, 3.8) is 0 Å². The third-order valence-electron chi connectivity index (χ3n) is 7.02. The van der Waals surface area contributed by atoms with Crippen LogP contribution >= 0.6 is 0 Å². The van der Waals surface area contributed by atoms with Crippen LogP contribution in [0.1, 0.15) is 33.7 Å². The highest BCUT2D eigenvalue weighted by Gasteiger charge is 2.23. The molecule has 1 aliphatic heterocycles. The molecule has 6 rings (SSSR count). The van der Waals surface area contributed by atoms with Crippen molar-refractivity contribution in [2.75, 3.05) is 6.61 Å². The van der Waals surface area contributed by atoms with E-state index >= 15 is 4.39 Å². The minimum atomic E-state index is -1.02. The van der Waals surface area contributed by atoms with Gasteiger partial charge in [-0.15, -0.1) is 0 Å². The van der Waals surface area contributed by atoms with Gasteiger partial charge in [-0.2, -0.15) is 0 Å². The average molecular weight is 560 g/mol. The molecule has 1 N–H and O–H groups in total. The van der Waals surface area contributed by atoms with Gasteiger partial charge in [0.05, 0.1) is 34.9 Å². The van der Waals surface area contributed by atoms with Crippen LogP contribution in [0, 0.1) is 17.5 Å². The van der Waals surface area contributed by atoms with Crippen LogP contribution in [-0.4, -0.2) is 38.3 Å². The number of benzene rings is 3. The standard InChI is InChI=1S/C31H24F3N3O4/c32-23-8-5-19(13-25(23)34)17-41-30-3-1-2-26(36-30)22-7-4-18(12-24(22)33)14-29-35-27-9-6-20(31(38)39)15-28(27)37(29)16-21-10-11-40-21/h1-9,12-13,15,21H,10-11,14,16-17H2,(H,38,39). The smallest absolute Gasteiger partial charge is 0.335 e. The molecule has 1 fully saturated rings. The minimum Gasteiger partial charge on any atom is -0.478 e. The maximum Gasteiger partial charge on any atom is 0.335 e. The highest BCUT2D eigenvalue weighted by Crippen LogP contribution is 2.27. The Morgan fingerprint density at radius 1 is 0.951 bits per heavy atom. The molecule has 0 spiro atoms. The van der Waals surface area contributed by atoms with E-state index in [4.69, 9.17) is 14.5 Å². The summed E-state index contributed by atoms with van der Waals surface area (Å²) in [5.74, 6) is -2.52. The Morgan fingerprint density at radius 3 is 2.49 bits per heavy atom. The van der Waals surface area contributed by atoms with Crippen LogP contribution in [0.4, 0.5) is 13.2 Å². The van der Waals surface area contributed by atoms with Crippen molar-refractivity contribution in [2.45, 2.75) is 32.1 Å². The zero-order chi connectivity index (χ0) is 28.5. The van der Waals surface area contributed by atoms with Crippen molar-refractivity contribution in [3.8, 4) is 17.1 Å². The zero-order valence-corrected chi connectivity index (χ0v) is 21.7. The Balaban J connectivity index is 1.23. The quantitative estimate of drug-likeness (QED) is 0.232.